The highest BCUT2D eigenvalue weighted by Gasteiger charge is 2.24. The molecule has 1 aliphatic rings. The predicted octanol–water partition coefficient (Wildman–Crippen LogP) is 3.31. The van der Waals surface area contributed by atoms with E-state index < -0.39 is 11.8 Å². The first kappa shape index (κ1) is 15.8. The number of aliphatic carboxylic acids is 1. The lowest BCUT2D eigenvalue weighted by Crippen LogP contribution is -2.41. The van der Waals surface area contributed by atoms with E-state index in [2.05, 4.69) is 21.2 Å². The van der Waals surface area contributed by atoms with Gasteiger partial charge >= 0.3 is 12.0 Å². The number of nitrogens with one attached hydrogen (secondary N) is 1. The van der Waals surface area contributed by atoms with Crippen LogP contribution in [0.1, 0.15) is 19.3 Å². The number of rotatable bonds is 3. The van der Waals surface area contributed by atoms with Crippen molar-refractivity contribution in [3.63, 3.8) is 0 Å². The van der Waals surface area contributed by atoms with Gasteiger partial charge in [0, 0.05) is 24.0 Å². The van der Waals surface area contributed by atoms with E-state index in [1.54, 1.807) is 4.90 Å². The van der Waals surface area contributed by atoms with E-state index >= 15 is 0 Å². The van der Waals surface area contributed by atoms with Crippen LogP contribution in [0.5, 0.6) is 0 Å². The van der Waals surface area contributed by atoms with Gasteiger partial charge in [-0.2, -0.15) is 0 Å². The molecule has 0 aliphatic carbocycles. The van der Waals surface area contributed by atoms with Crippen molar-refractivity contribution in [3.8, 4) is 0 Å². The van der Waals surface area contributed by atoms with Crippen molar-refractivity contribution >= 4 is 33.6 Å². The van der Waals surface area contributed by atoms with Gasteiger partial charge in [0.25, 0.3) is 0 Å². The molecule has 2 N–H and O–H groups in total. The van der Waals surface area contributed by atoms with Crippen LogP contribution in [0.3, 0.4) is 0 Å². The number of likely N-dealkylation sites (tertiary alicyclic amines) is 1. The standard InChI is InChI=1S/C14H16BrFN2O3/c15-11-2-1-10(16)8-12(11)17-14(21)18-5-3-9(4-6-18)7-13(19)20/h1-2,8-9H,3-7H2,(H,17,21)(H,19,20). The average Bonchev–Trinajstić information content (AvgIpc) is 2.43. The van der Waals surface area contributed by atoms with Crippen molar-refractivity contribution in [2.45, 2.75) is 19.3 Å². The molecule has 7 heteroatoms. The highest BCUT2D eigenvalue weighted by atomic mass is 79.9. The van der Waals surface area contributed by atoms with Gasteiger partial charge in [0.2, 0.25) is 0 Å². The summed E-state index contributed by atoms with van der Waals surface area (Å²) in [6.07, 6.45) is 1.49. The second-order valence-corrected chi connectivity index (χ2v) is 5.94. The van der Waals surface area contributed by atoms with E-state index in [1.807, 2.05) is 0 Å². The number of carbonyl (C=O) groups excluding carboxylic acids is 1. The largest absolute Gasteiger partial charge is 0.481 e. The lowest BCUT2D eigenvalue weighted by atomic mass is 9.94. The number of amides is 2. The summed E-state index contributed by atoms with van der Waals surface area (Å²) in [5.74, 6) is -1.11. The number of anilines is 1. The lowest BCUT2D eigenvalue weighted by molar-refractivity contribution is -0.138. The third-order valence-corrected chi connectivity index (χ3v) is 4.23. The summed E-state index contributed by atoms with van der Waals surface area (Å²) in [5.41, 5.74) is 0.382. The number of halogens is 2. The van der Waals surface area contributed by atoms with Crippen molar-refractivity contribution in [1.82, 2.24) is 4.90 Å². The third kappa shape index (κ3) is 4.42. The quantitative estimate of drug-likeness (QED) is 0.870. The summed E-state index contributed by atoms with van der Waals surface area (Å²) >= 11 is 3.25. The van der Waals surface area contributed by atoms with Crippen LogP contribution in [0.2, 0.25) is 0 Å². The molecule has 1 fully saturated rings. The smallest absolute Gasteiger partial charge is 0.321 e. The van der Waals surface area contributed by atoms with Crippen LogP contribution >= 0.6 is 15.9 Å². The zero-order chi connectivity index (χ0) is 15.4. The van der Waals surface area contributed by atoms with Crippen molar-refractivity contribution in [1.29, 1.82) is 0 Å². The van der Waals surface area contributed by atoms with Crippen LogP contribution in [0, 0.1) is 11.7 Å². The summed E-state index contributed by atoms with van der Waals surface area (Å²) in [7, 11) is 0. The van der Waals surface area contributed by atoms with Crippen LogP contribution in [0.15, 0.2) is 22.7 Å². The fraction of sp³-hybridized carbons (Fsp3) is 0.429. The van der Waals surface area contributed by atoms with Crippen molar-refractivity contribution in [2.75, 3.05) is 18.4 Å². The number of nitrogens with zero attached hydrogens (tertiary/aromatic N) is 1. The highest BCUT2D eigenvalue weighted by Crippen LogP contribution is 2.25. The molecule has 0 saturated carbocycles. The number of urea groups is 1. The Morgan fingerprint density at radius 3 is 2.67 bits per heavy atom. The van der Waals surface area contributed by atoms with Crippen LogP contribution < -0.4 is 5.32 Å². The summed E-state index contributed by atoms with van der Waals surface area (Å²) < 4.78 is 13.8. The van der Waals surface area contributed by atoms with Gasteiger partial charge in [0.15, 0.2) is 0 Å². The van der Waals surface area contributed by atoms with Crippen molar-refractivity contribution in [2.24, 2.45) is 5.92 Å². The zero-order valence-corrected chi connectivity index (χ0v) is 12.9. The summed E-state index contributed by atoms with van der Waals surface area (Å²) in [6, 6.07) is 3.79. The van der Waals surface area contributed by atoms with Crippen molar-refractivity contribution < 1.29 is 19.1 Å². The molecular weight excluding hydrogens is 343 g/mol. The van der Waals surface area contributed by atoms with E-state index in [-0.39, 0.29) is 18.4 Å². The van der Waals surface area contributed by atoms with E-state index in [0.29, 0.717) is 36.1 Å². The molecule has 2 rings (SSSR count). The van der Waals surface area contributed by atoms with Crippen LogP contribution in [0.4, 0.5) is 14.9 Å². The number of hydrogen-bond donors (Lipinski definition) is 2. The Labute approximate surface area is 130 Å². The van der Waals surface area contributed by atoms with Gasteiger partial charge in [0.1, 0.15) is 5.82 Å². The molecule has 1 aliphatic heterocycles. The Bertz CT molecular complexity index is 545. The minimum atomic E-state index is -0.804. The molecule has 1 saturated heterocycles. The van der Waals surface area contributed by atoms with E-state index in [4.69, 9.17) is 5.11 Å². The van der Waals surface area contributed by atoms with Gasteiger partial charge in [-0.15, -0.1) is 0 Å². The maximum atomic E-state index is 13.2. The van der Waals surface area contributed by atoms with Gasteiger partial charge in [0.05, 0.1) is 5.69 Å². The molecule has 0 aromatic heterocycles. The van der Waals surface area contributed by atoms with Gasteiger partial charge in [-0.05, 0) is 52.9 Å². The molecule has 5 nitrogen and oxygen atoms in total. The number of carboxylic acids is 1. The molecule has 1 aromatic carbocycles. The number of carboxylic acid groups (broad SMARTS) is 1. The second-order valence-electron chi connectivity index (χ2n) is 5.08. The Morgan fingerprint density at radius 1 is 1.38 bits per heavy atom. The van der Waals surface area contributed by atoms with Gasteiger partial charge in [-0.1, -0.05) is 0 Å². The number of piperidine rings is 1. The van der Waals surface area contributed by atoms with Crippen LogP contribution in [-0.4, -0.2) is 35.1 Å². The average molecular weight is 359 g/mol. The Hall–Kier alpha value is -1.63. The second kappa shape index (κ2) is 6.89. The summed E-state index contributed by atoms with van der Waals surface area (Å²) in [5, 5.41) is 11.4. The van der Waals surface area contributed by atoms with Gasteiger partial charge in [-0.3, -0.25) is 4.79 Å². The maximum Gasteiger partial charge on any atom is 0.321 e. The first-order chi connectivity index (χ1) is 9.95. The van der Waals surface area contributed by atoms with Crippen LogP contribution in [0.25, 0.3) is 0 Å². The molecule has 0 atom stereocenters. The fourth-order valence-corrected chi connectivity index (χ4v) is 2.72. The van der Waals surface area contributed by atoms with E-state index in [1.165, 1.54) is 18.2 Å². The first-order valence-electron chi connectivity index (χ1n) is 6.68. The Kier molecular flexibility index (Phi) is 5.17. The number of carbonyl (C=O) groups is 2. The molecule has 0 unspecified atom stereocenters. The zero-order valence-electron chi connectivity index (χ0n) is 11.3. The molecule has 21 heavy (non-hydrogen) atoms. The van der Waals surface area contributed by atoms with E-state index in [9.17, 15) is 14.0 Å². The Balaban J connectivity index is 1.90. The highest BCUT2D eigenvalue weighted by molar-refractivity contribution is 9.10. The topological polar surface area (TPSA) is 69.6 Å². The molecule has 1 aromatic rings. The molecule has 1 heterocycles. The minimum absolute atomic E-state index is 0.118. The third-order valence-electron chi connectivity index (χ3n) is 3.54. The van der Waals surface area contributed by atoms with Gasteiger partial charge < -0.3 is 15.3 Å². The normalized spacial score (nSPS) is 15.8. The lowest BCUT2D eigenvalue weighted by Gasteiger charge is -2.31. The summed E-state index contributed by atoms with van der Waals surface area (Å²) in [4.78, 5) is 24.4. The molecule has 0 radical (unpaired) electrons. The fourth-order valence-electron chi connectivity index (χ4n) is 2.37. The molecule has 0 spiro atoms. The minimum Gasteiger partial charge on any atom is -0.481 e. The molecule has 0 bridgehead atoms. The van der Waals surface area contributed by atoms with Gasteiger partial charge in [-0.25, -0.2) is 9.18 Å². The molecular formula is C14H16BrFN2O3. The summed E-state index contributed by atoms with van der Waals surface area (Å²) in [6.45, 7) is 1.02. The molecule has 2 amide bonds. The SMILES string of the molecule is O=C(O)CC1CCN(C(=O)Nc2cc(F)ccc2Br)CC1. The number of hydrogen-bond acceptors (Lipinski definition) is 2. The number of benzene rings is 1. The van der Waals surface area contributed by atoms with Crippen LogP contribution in [-0.2, 0) is 4.79 Å². The van der Waals surface area contributed by atoms with E-state index in [0.717, 1.165) is 0 Å². The molecule has 114 valence electrons. The Morgan fingerprint density at radius 2 is 2.05 bits per heavy atom. The monoisotopic (exact) mass is 358 g/mol. The first-order valence-corrected chi connectivity index (χ1v) is 7.48. The predicted molar refractivity (Wildman–Crippen MR) is 79.7 cm³/mol. The van der Waals surface area contributed by atoms with Crippen molar-refractivity contribution in [3.05, 3.63) is 28.5 Å². The maximum absolute atomic E-state index is 13.2.